The normalized spacial score (nSPS) is 24.8. The molecule has 2 fully saturated rings. The molecule has 3 rings (SSSR count). The molecule has 6 heteroatoms. The molecule has 1 aromatic carbocycles. The Morgan fingerprint density at radius 2 is 1.92 bits per heavy atom. The van der Waals surface area contributed by atoms with Crippen LogP contribution in [0.3, 0.4) is 0 Å². The molecule has 0 aromatic heterocycles. The first-order valence-corrected chi connectivity index (χ1v) is 8.67. The van der Waals surface area contributed by atoms with E-state index in [4.69, 9.17) is 22.1 Å². The van der Waals surface area contributed by atoms with Crippen molar-refractivity contribution in [2.75, 3.05) is 20.3 Å². The van der Waals surface area contributed by atoms with Crippen LogP contribution in [0.15, 0.2) is 24.3 Å². The van der Waals surface area contributed by atoms with Crippen LogP contribution in [0.5, 0.6) is 0 Å². The molecule has 1 aliphatic heterocycles. The van der Waals surface area contributed by atoms with Crippen LogP contribution in [0.2, 0.25) is 5.02 Å². The molecule has 24 heavy (non-hydrogen) atoms. The van der Waals surface area contributed by atoms with Gasteiger partial charge in [0.1, 0.15) is 5.54 Å². The zero-order chi connectivity index (χ0) is 17.4. The maximum Gasteiger partial charge on any atom is 0.245 e. The van der Waals surface area contributed by atoms with E-state index in [1.807, 2.05) is 24.3 Å². The molecule has 0 radical (unpaired) electrons. The highest BCUT2D eigenvalue weighted by Crippen LogP contribution is 2.51. The zero-order valence-corrected chi connectivity index (χ0v) is 14.6. The number of halogens is 1. The molecule has 130 valence electrons. The number of primary amides is 1. The van der Waals surface area contributed by atoms with Crippen LogP contribution in [-0.4, -0.2) is 42.5 Å². The van der Waals surface area contributed by atoms with Gasteiger partial charge in [-0.3, -0.25) is 9.59 Å². The van der Waals surface area contributed by atoms with E-state index < -0.39 is 16.9 Å². The van der Waals surface area contributed by atoms with Gasteiger partial charge in [-0.05, 0) is 49.8 Å². The molecule has 1 saturated carbocycles. The fourth-order valence-electron chi connectivity index (χ4n) is 3.79. The Morgan fingerprint density at radius 3 is 2.46 bits per heavy atom. The number of amides is 2. The highest BCUT2D eigenvalue weighted by atomic mass is 35.5. The Bertz CT molecular complexity index is 642. The lowest BCUT2D eigenvalue weighted by Crippen LogP contribution is -2.60. The SMILES string of the molecule is COCC1(C(N)=O)CCCN1C(=O)C1(Cc2ccc(Cl)cc2)CC1. The van der Waals surface area contributed by atoms with E-state index >= 15 is 0 Å². The van der Waals surface area contributed by atoms with Crippen molar-refractivity contribution in [3.05, 3.63) is 34.9 Å². The first-order chi connectivity index (χ1) is 11.4. The number of likely N-dealkylation sites (tertiary alicyclic amines) is 1. The summed E-state index contributed by atoms with van der Waals surface area (Å²) in [5.41, 5.74) is 5.33. The number of ether oxygens (including phenoxy) is 1. The fraction of sp³-hybridized carbons (Fsp3) is 0.556. The van der Waals surface area contributed by atoms with E-state index in [-0.39, 0.29) is 12.5 Å². The van der Waals surface area contributed by atoms with Crippen molar-refractivity contribution in [2.24, 2.45) is 11.1 Å². The van der Waals surface area contributed by atoms with E-state index in [1.165, 1.54) is 7.11 Å². The van der Waals surface area contributed by atoms with Crippen molar-refractivity contribution in [3.8, 4) is 0 Å². The lowest BCUT2D eigenvalue weighted by molar-refractivity contribution is -0.150. The molecule has 1 unspecified atom stereocenters. The minimum Gasteiger partial charge on any atom is -0.382 e. The molecule has 1 aromatic rings. The Balaban J connectivity index is 1.82. The summed E-state index contributed by atoms with van der Waals surface area (Å²) in [6.07, 6.45) is 3.69. The fourth-order valence-corrected chi connectivity index (χ4v) is 3.91. The quantitative estimate of drug-likeness (QED) is 0.854. The Hall–Kier alpha value is -1.59. The summed E-state index contributed by atoms with van der Waals surface area (Å²) in [6.45, 7) is 0.721. The van der Waals surface area contributed by atoms with E-state index in [9.17, 15) is 9.59 Å². The van der Waals surface area contributed by atoms with Gasteiger partial charge in [0.05, 0.1) is 12.0 Å². The van der Waals surface area contributed by atoms with Gasteiger partial charge in [-0.15, -0.1) is 0 Å². The Morgan fingerprint density at radius 1 is 1.25 bits per heavy atom. The number of benzene rings is 1. The molecule has 1 saturated heterocycles. The average Bonchev–Trinajstić information content (AvgIpc) is 3.21. The Labute approximate surface area is 147 Å². The molecule has 5 nitrogen and oxygen atoms in total. The van der Waals surface area contributed by atoms with Crippen LogP contribution in [0, 0.1) is 5.41 Å². The molecular formula is C18H23ClN2O3. The molecule has 0 bridgehead atoms. The maximum atomic E-state index is 13.2. The van der Waals surface area contributed by atoms with Crippen LogP contribution in [0.1, 0.15) is 31.2 Å². The smallest absolute Gasteiger partial charge is 0.245 e. The predicted molar refractivity (Wildman–Crippen MR) is 91.6 cm³/mol. The van der Waals surface area contributed by atoms with Crippen molar-refractivity contribution in [1.82, 2.24) is 4.90 Å². The van der Waals surface area contributed by atoms with Gasteiger partial charge < -0.3 is 15.4 Å². The molecule has 1 atom stereocenters. The summed E-state index contributed by atoms with van der Waals surface area (Å²) in [5, 5.41) is 0.683. The number of nitrogens with two attached hydrogens (primary N) is 1. The van der Waals surface area contributed by atoms with Crippen molar-refractivity contribution < 1.29 is 14.3 Å². The maximum absolute atomic E-state index is 13.2. The first-order valence-electron chi connectivity index (χ1n) is 8.29. The third kappa shape index (κ3) is 2.91. The highest BCUT2D eigenvalue weighted by molar-refractivity contribution is 6.30. The number of hydrogen-bond donors (Lipinski definition) is 1. The first kappa shape index (κ1) is 17.2. The number of carbonyl (C=O) groups excluding carboxylic acids is 2. The van der Waals surface area contributed by atoms with Crippen LogP contribution in [0.4, 0.5) is 0 Å². The molecule has 0 spiro atoms. The van der Waals surface area contributed by atoms with E-state index in [1.54, 1.807) is 4.90 Å². The summed E-state index contributed by atoms with van der Waals surface area (Å²) in [6, 6.07) is 7.59. The summed E-state index contributed by atoms with van der Waals surface area (Å²) >= 11 is 5.93. The molecule has 2 amide bonds. The van der Waals surface area contributed by atoms with Gasteiger partial charge >= 0.3 is 0 Å². The second kappa shape index (κ2) is 6.37. The van der Waals surface area contributed by atoms with Crippen LogP contribution >= 0.6 is 11.6 Å². The third-order valence-electron chi connectivity index (χ3n) is 5.34. The Kier molecular flexibility index (Phi) is 4.58. The van der Waals surface area contributed by atoms with Crippen LogP contribution < -0.4 is 5.73 Å². The van der Waals surface area contributed by atoms with Gasteiger partial charge in [0, 0.05) is 18.7 Å². The van der Waals surface area contributed by atoms with Gasteiger partial charge in [0.2, 0.25) is 11.8 Å². The number of hydrogen-bond acceptors (Lipinski definition) is 3. The number of rotatable bonds is 6. The van der Waals surface area contributed by atoms with Crippen molar-refractivity contribution >= 4 is 23.4 Å². The minimum absolute atomic E-state index is 0.0331. The second-order valence-corrected chi connectivity index (χ2v) is 7.41. The topological polar surface area (TPSA) is 72.6 Å². The molecule has 1 aliphatic carbocycles. The monoisotopic (exact) mass is 350 g/mol. The summed E-state index contributed by atoms with van der Waals surface area (Å²) in [7, 11) is 1.53. The lowest BCUT2D eigenvalue weighted by Gasteiger charge is -2.37. The van der Waals surface area contributed by atoms with E-state index in [2.05, 4.69) is 0 Å². The van der Waals surface area contributed by atoms with E-state index in [0.29, 0.717) is 24.4 Å². The number of methoxy groups -OCH3 is 1. The summed E-state index contributed by atoms with van der Waals surface area (Å²) in [5.74, 6) is -0.441. The minimum atomic E-state index is -0.999. The van der Waals surface area contributed by atoms with Gasteiger partial charge in [0.15, 0.2) is 0 Å². The second-order valence-electron chi connectivity index (χ2n) is 6.97. The predicted octanol–water partition coefficient (Wildman–Crippen LogP) is 2.16. The number of carbonyl (C=O) groups is 2. The molecule has 2 N–H and O–H groups in total. The van der Waals surface area contributed by atoms with E-state index in [0.717, 1.165) is 24.8 Å². The molecule has 2 aliphatic rings. The van der Waals surface area contributed by atoms with Crippen molar-refractivity contribution in [3.63, 3.8) is 0 Å². The van der Waals surface area contributed by atoms with Crippen LogP contribution in [0.25, 0.3) is 0 Å². The summed E-state index contributed by atoms with van der Waals surface area (Å²) < 4.78 is 5.23. The third-order valence-corrected chi connectivity index (χ3v) is 5.59. The highest BCUT2D eigenvalue weighted by Gasteiger charge is 2.58. The zero-order valence-electron chi connectivity index (χ0n) is 13.9. The standard InChI is InChI=1S/C18H23ClN2O3/c1-24-12-18(15(20)22)7-2-10-21(18)16(23)17(8-9-17)11-13-3-5-14(19)6-4-13/h3-6H,2,7-12H2,1H3,(H2,20,22). The van der Waals surface area contributed by atoms with Crippen molar-refractivity contribution in [1.29, 1.82) is 0 Å². The average molecular weight is 351 g/mol. The van der Waals surface area contributed by atoms with Crippen molar-refractivity contribution in [2.45, 2.75) is 37.6 Å². The lowest BCUT2D eigenvalue weighted by atomic mass is 9.91. The largest absolute Gasteiger partial charge is 0.382 e. The molecule has 1 heterocycles. The van der Waals surface area contributed by atoms with Gasteiger partial charge in [-0.1, -0.05) is 23.7 Å². The van der Waals surface area contributed by atoms with Gasteiger partial charge in [-0.25, -0.2) is 0 Å². The van der Waals surface area contributed by atoms with Gasteiger partial charge in [0.25, 0.3) is 0 Å². The van der Waals surface area contributed by atoms with Gasteiger partial charge in [-0.2, -0.15) is 0 Å². The number of nitrogens with zero attached hydrogens (tertiary/aromatic N) is 1. The summed E-state index contributed by atoms with van der Waals surface area (Å²) in [4.78, 5) is 27.0. The molecular weight excluding hydrogens is 328 g/mol. The van der Waals surface area contributed by atoms with Crippen LogP contribution in [-0.2, 0) is 20.7 Å².